The zero-order valence-electron chi connectivity index (χ0n) is 7.13. The molecule has 0 radical (unpaired) electrons. The number of aliphatic hydroxyl groups is 1. The fourth-order valence-electron chi connectivity index (χ4n) is 0.614. The van der Waals surface area contributed by atoms with Crippen LogP contribution in [0.3, 0.4) is 0 Å². The molecule has 0 bridgehead atoms. The summed E-state index contributed by atoms with van der Waals surface area (Å²) < 4.78 is 0. The van der Waals surface area contributed by atoms with Crippen molar-refractivity contribution in [2.45, 2.75) is 33.3 Å². The van der Waals surface area contributed by atoms with Gasteiger partial charge in [0.05, 0.1) is 6.10 Å². The number of ketones is 1. The molecule has 1 atom stereocenters. The van der Waals surface area contributed by atoms with Gasteiger partial charge < -0.3 is 9.90 Å². The SMILES string of the molecule is CC(=O)C[C@@H](O)C(C)(C)C=O. The van der Waals surface area contributed by atoms with Crippen LogP contribution in [-0.2, 0) is 9.59 Å². The van der Waals surface area contributed by atoms with Crippen molar-refractivity contribution in [3.8, 4) is 0 Å². The summed E-state index contributed by atoms with van der Waals surface area (Å²) in [6, 6.07) is 0. The molecular formula is C8H14O3. The van der Waals surface area contributed by atoms with E-state index in [4.69, 9.17) is 0 Å². The smallest absolute Gasteiger partial charge is 0.132 e. The molecule has 11 heavy (non-hydrogen) atoms. The average molecular weight is 158 g/mol. The lowest BCUT2D eigenvalue weighted by Gasteiger charge is -2.22. The third kappa shape index (κ3) is 3.28. The van der Waals surface area contributed by atoms with Gasteiger partial charge in [-0.15, -0.1) is 0 Å². The molecule has 0 heterocycles. The highest BCUT2D eigenvalue weighted by molar-refractivity contribution is 5.76. The van der Waals surface area contributed by atoms with Crippen LogP contribution in [-0.4, -0.2) is 23.3 Å². The molecule has 0 saturated heterocycles. The first kappa shape index (κ1) is 10.3. The van der Waals surface area contributed by atoms with Crippen molar-refractivity contribution < 1.29 is 14.7 Å². The summed E-state index contributed by atoms with van der Waals surface area (Å²) in [4.78, 5) is 20.9. The second kappa shape index (κ2) is 3.62. The molecule has 3 heteroatoms. The van der Waals surface area contributed by atoms with Gasteiger partial charge in [-0.2, -0.15) is 0 Å². The van der Waals surface area contributed by atoms with E-state index in [-0.39, 0.29) is 12.2 Å². The van der Waals surface area contributed by atoms with Gasteiger partial charge in [0.15, 0.2) is 0 Å². The Morgan fingerprint density at radius 2 is 2.09 bits per heavy atom. The van der Waals surface area contributed by atoms with Crippen LogP contribution in [0.1, 0.15) is 27.2 Å². The monoisotopic (exact) mass is 158 g/mol. The minimum Gasteiger partial charge on any atom is -0.392 e. The van der Waals surface area contributed by atoms with Crippen LogP contribution in [0.25, 0.3) is 0 Å². The summed E-state index contributed by atoms with van der Waals surface area (Å²) in [5.41, 5.74) is -0.814. The van der Waals surface area contributed by atoms with Crippen LogP contribution in [0.15, 0.2) is 0 Å². The zero-order valence-corrected chi connectivity index (χ0v) is 7.13. The topological polar surface area (TPSA) is 54.4 Å². The Hall–Kier alpha value is -0.700. The number of aldehydes is 1. The molecule has 1 N–H and O–H groups in total. The molecule has 0 aliphatic heterocycles. The van der Waals surface area contributed by atoms with Gasteiger partial charge in [0, 0.05) is 11.8 Å². The van der Waals surface area contributed by atoms with E-state index in [0.29, 0.717) is 6.29 Å². The van der Waals surface area contributed by atoms with E-state index in [9.17, 15) is 14.7 Å². The van der Waals surface area contributed by atoms with Crippen molar-refractivity contribution in [3.63, 3.8) is 0 Å². The summed E-state index contributed by atoms with van der Waals surface area (Å²) >= 11 is 0. The van der Waals surface area contributed by atoms with E-state index < -0.39 is 11.5 Å². The van der Waals surface area contributed by atoms with Crippen molar-refractivity contribution in [3.05, 3.63) is 0 Å². The maximum atomic E-state index is 10.5. The maximum Gasteiger partial charge on any atom is 0.132 e. The van der Waals surface area contributed by atoms with Crippen molar-refractivity contribution in [1.29, 1.82) is 0 Å². The summed E-state index contributed by atoms with van der Waals surface area (Å²) in [6.45, 7) is 4.60. The number of hydrogen-bond acceptors (Lipinski definition) is 3. The largest absolute Gasteiger partial charge is 0.392 e. The van der Waals surface area contributed by atoms with Gasteiger partial charge in [-0.3, -0.25) is 4.79 Å². The predicted molar refractivity (Wildman–Crippen MR) is 41.1 cm³/mol. The number of carbonyl (C=O) groups is 2. The molecule has 0 saturated carbocycles. The molecule has 0 aromatic heterocycles. The highest BCUT2D eigenvalue weighted by Crippen LogP contribution is 2.19. The second-order valence-electron chi connectivity index (χ2n) is 3.36. The van der Waals surface area contributed by atoms with Crippen molar-refractivity contribution >= 4 is 12.1 Å². The number of Topliss-reactive ketones (excluding diaryl/α,β-unsaturated/α-hetero) is 1. The lowest BCUT2D eigenvalue weighted by atomic mass is 9.86. The molecule has 0 aliphatic carbocycles. The van der Waals surface area contributed by atoms with Crippen LogP contribution in [0.5, 0.6) is 0 Å². The molecule has 0 rings (SSSR count). The van der Waals surface area contributed by atoms with E-state index in [1.165, 1.54) is 6.92 Å². The highest BCUT2D eigenvalue weighted by atomic mass is 16.3. The molecule has 0 amide bonds. The standard InChI is InChI=1S/C8H14O3/c1-6(10)4-7(11)8(2,3)5-9/h5,7,11H,4H2,1-3H3/t7-/m1/s1. The van der Waals surface area contributed by atoms with E-state index in [0.717, 1.165) is 0 Å². The molecular weight excluding hydrogens is 144 g/mol. The minimum absolute atomic E-state index is 0.0474. The molecule has 0 unspecified atom stereocenters. The third-order valence-corrected chi connectivity index (χ3v) is 1.64. The van der Waals surface area contributed by atoms with Gasteiger partial charge in [-0.05, 0) is 6.92 Å². The Morgan fingerprint density at radius 3 is 2.36 bits per heavy atom. The summed E-state index contributed by atoms with van der Waals surface area (Å²) in [5, 5.41) is 9.30. The Labute approximate surface area is 66.4 Å². The molecule has 0 fully saturated rings. The van der Waals surface area contributed by atoms with E-state index >= 15 is 0 Å². The number of aliphatic hydroxyl groups excluding tert-OH is 1. The van der Waals surface area contributed by atoms with Gasteiger partial charge in [0.1, 0.15) is 12.1 Å². The molecule has 0 aromatic rings. The number of hydrogen-bond donors (Lipinski definition) is 1. The van der Waals surface area contributed by atoms with E-state index in [1.54, 1.807) is 13.8 Å². The van der Waals surface area contributed by atoms with Gasteiger partial charge in [-0.25, -0.2) is 0 Å². The first-order valence-electron chi connectivity index (χ1n) is 3.54. The van der Waals surface area contributed by atoms with Crippen molar-refractivity contribution in [2.24, 2.45) is 5.41 Å². The Morgan fingerprint density at radius 1 is 1.64 bits per heavy atom. The Balaban J connectivity index is 4.11. The zero-order chi connectivity index (χ0) is 9.07. The van der Waals surface area contributed by atoms with Gasteiger partial charge >= 0.3 is 0 Å². The predicted octanol–water partition coefficient (Wildman–Crippen LogP) is 0.551. The molecule has 0 aromatic carbocycles. The quantitative estimate of drug-likeness (QED) is 0.608. The third-order valence-electron chi connectivity index (χ3n) is 1.64. The van der Waals surface area contributed by atoms with Gasteiger partial charge in [0.2, 0.25) is 0 Å². The maximum absolute atomic E-state index is 10.5. The lowest BCUT2D eigenvalue weighted by Crippen LogP contribution is -2.32. The molecule has 64 valence electrons. The highest BCUT2D eigenvalue weighted by Gasteiger charge is 2.27. The van der Waals surface area contributed by atoms with Crippen LogP contribution in [0.4, 0.5) is 0 Å². The van der Waals surface area contributed by atoms with E-state index in [2.05, 4.69) is 0 Å². The number of carbonyl (C=O) groups excluding carboxylic acids is 2. The summed E-state index contributed by atoms with van der Waals surface area (Å²) in [6.07, 6.45) is -0.149. The summed E-state index contributed by atoms with van der Waals surface area (Å²) in [5.74, 6) is -0.104. The number of rotatable bonds is 4. The second-order valence-corrected chi connectivity index (χ2v) is 3.36. The normalized spacial score (nSPS) is 14.2. The minimum atomic E-state index is -0.863. The average Bonchev–Trinajstić information content (AvgIpc) is 1.86. The van der Waals surface area contributed by atoms with Crippen LogP contribution >= 0.6 is 0 Å². The van der Waals surface area contributed by atoms with Crippen LogP contribution in [0.2, 0.25) is 0 Å². The Bertz CT molecular complexity index is 161. The molecule has 3 nitrogen and oxygen atoms in total. The molecule has 0 aliphatic rings. The fourth-order valence-corrected chi connectivity index (χ4v) is 0.614. The summed E-state index contributed by atoms with van der Waals surface area (Å²) in [7, 11) is 0. The van der Waals surface area contributed by atoms with Crippen molar-refractivity contribution in [2.75, 3.05) is 0 Å². The van der Waals surface area contributed by atoms with Gasteiger partial charge in [0.25, 0.3) is 0 Å². The van der Waals surface area contributed by atoms with Crippen LogP contribution < -0.4 is 0 Å². The molecule has 0 spiro atoms. The van der Waals surface area contributed by atoms with Gasteiger partial charge in [-0.1, -0.05) is 13.8 Å². The van der Waals surface area contributed by atoms with Crippen LogP contribution in [0, 0.1) is 5.41 Å². The van der Waals surface area contributed by atoms with E-state index in [1.807, 2.05) is 0 Å². The lowest BCUT2D eigenvalue weighted by molar-refractivity contribution is -0.125. The first-order chi connectivity index (χ1) is 4.90. The first-order valence-corrected chi connectivity index (χ1v) is 3.54. The Kier molecular flexibility index (Phi) is 3.39. The fraction of sp³-hybridized carbons (Fsp3) is 0.750. The van der Waals surface area contributed by atoms with Crippen molar-refractivity contribution in [1.82, 2.24) is 0 Å².